The monoisotopic (exact) mass is 304 g/mol. The Hall–Kier alpha value is -3.48. The number of nitrogens with zero attached hydrogens (tertiary/aromatic N) is 4. The van der Waals surface area contributed by atoms with Crippen molar-refractivity contribution in [3.63, 3.8) is 0 Å². The zero-order valence-corrected chi connectivity index (χ0v) is 12.0. The third-order valence-corrected chi connectivity index (χ3v) is 3.50. The van der Waals surface area contributed by atoms with Crippen LogP contribution in [0.15, 0.2) is 54.7 Å². The van der Waals surface area contributed by atoms with Crippen molar-refractivity contribution in [1.29, 1.82) is 0 Å². The summed E-state index contributed by atoms with van der Waals surface area (Å²) in [5.41, 5.74) is 9.03. The van der Waals surface area contributed by atoms with Gasteiger partial charge in [0.25, 0.3) is 11.5 Å². The van der Waals surface area contributed by atoms with E-state index in [2.05, 4.69) is 20.4 Å². The van der Waals surface area contributed by atoms with Crippen molar-refractivity contribution < 1.29 is 4.85 Å². The zero-order valence-electron chi connectivity index (χ0n) is 12.0. The summed E-state index contributed by atoms with van der Waals surface area (Å²) >= 11 is 0. The van der Waals surface area contributed by atoms with Crippen LogP contribution < -0.4 is 15.9 Å². The van der Waals surface area contributed by atoms with Gasteiger partial charge in [0.2, 0.25) is 0 Å². The molecule has 0 saturated heterocycles. The minimum Gasteiger partial charge on any atom is -0.594 e. The van der Waals surface area contributed by atoms with Crippen molar-refractivity contribution in [2.75, 3.05) is 11.1 Å². The number of nitrogens with two attached hydrogens (primary N) is 1. The third kappa shape index (κ3) is 2.44. The molecule has 0 radical (unpaired) electrons. The first kappa shape index (κ1) is 13.2. The number of rotatable bonds is 2. The first-order valence-electron chi connectivity index (χ1n) is 6.98. The molecule has 0 unspecified atom stereocenters. The Bertz CT molecular complexity index is 1030. The summed E-state index contributed by atoms with van der Waals surface area (Å²) in [4.78, 5) is 8.85. The molecule has 7 heteroatoms. The maximum atomic E-state index is 11.7. The van der Waals surface area contributed by atoms with Gasteiger partial charge in [-0.05, 0) is 41.2 Å². The fraction of sp³-hybridized carbons (Fsp3) is 0. The van der Waals surface area contributed by atoms with E-state index >= 15 is 0 Å². The number of pyridine rings is 1. The van der Waals surface area contributed by atoms with Crippen LogP contribution in [0.4, 0.5) is 17.3 Å². The zero-order chi connectivity index (χ0) is 15.8. The summed E-state index contributed by atoms with van der Waals surface area (Å²) in [6.45, 7) is 0. The highest BCUT2D eigenvalue weighted by Crippen LogP contribution is 2.23. The molecule has 7 nitrogen and oxygen atoms in total. The Morgan fingerprint density at radius 2 is 1.83 bits per heavy atom. The van der Waals surface area contributed by atoms with Crippen molar-refractivity contribution >= 4 is 39.3 Å². The predicted molar refractivity (Wildman–Crippen MR) is 87.9 cm³/mol. The smallest absolute Gasteiger partial charge is 0.288 e. The lowest BCUT2D eigenvalue weighted by Crippen LogP contribution is -2.33. The minimum absolute atomic E-state index is 0.0542. The Balaban J connectivity index is 1.73. The molecule has 4 aromatic rings. The lowest BCUT2D eigenvalue weighted by molar-refractivity contribution is -0.641. The van der Waals surface area contributed by atoms with Crippen molar-refractivity contribution in [1.82, 2.24) is 15.1 Å². The van der Waals surface area contributed by atoms with Crippen molar-refractivity contribution in [2.24, 2.45) is 0 Å². The van der Waals surface area contributed by atoms with Crippen molar-refractivity contribution in [3.8, 4) is 0 Å². The van der Waals surface area contributed by atoms with Gasteiger partial charge in [0.05, 0.1) is 10.6 Å². The first-order chi connectivity index (χ1) is 11.2. The average Bonchev–Trinajstić information content (AvgIpc) is 2.54. The summed E-state index contributed by atoms with van der Waals surface area (Å²) in [5, 5.41) is 19.6. The van der Waals surface area contributed by atoms with Crippen LogP contribution in [0.1, 0.15) is 0 Å². The van der Waals surface area contributed by atoms with Crippen LogP contribution in [-0.4, -0.2) is 15.1 Å². The molecule has 0 spiro atoms. The quantitative estimate of drug-likeness (QED) is 0.434. The number of nitrogens with one attached hydrogen (secondary N) is 1. The molecule has 2 aromatic heterocycles. The summed E-state index contributed by atoms with van der Waals surface area (Å²) in [5.74, 6) is -0.0542. The summed E-state index contributed by atoms with van der Waals surface area (Å²) in [6.07, 6.45) is 1.76. The molecule has 3 N–H and O–H groups in total. The fourth-order valence-electron chi connectivity index (χ4n) is 2.47. The molecule has 0 fully saturated rings. The summed E-state index contributed by atoms with van der Waals surface area (Å²) in [6, 6.07) is 15.0. The Morgan fingerprint density at radius 3 is 2.74 bits per heavy atom. The molecule has 23 heavy (non-hydrogen) atoms. The molecule has 0 aliphatic carbocycles. The molecule has 0 atom stereocenters. The van der Waals surface area contributed by atoms with Gasteiger partial charge < -0.3 is 16.3 Å². The Kier molecular flexibility index (Phi) is 2.90. The van der Waals surface area contributed by atoms with Gasteiger partial charge >= 0.3 is 0 Å². The number of nitrogen functional groups attached to an aromatic ring is 1. The average molecular weight is 304 g/mol. The number of aromatic nitrogens is 4. The molecule has 2 aromatic carbocycles. The lowest BCUT2D eigenvalue weighted by Gasteiger charge is -2.08. The normalized spacial score (nSPS) is 11.0. The van der Waals surface area contributed by atoms with E-state index in [1.807, 2.05) is 30.3 Å². The molecule has 0 saturated carbocycles. The second-order valence-electron chi connectivity index (χ2n) is 5.08. The minimum atomic E-state index is -0.0542. The number of anilines is 3. The molecule has 0 bridgehead atoms. The van der Waals surface area contributed by atoms with E-state index in [9.17, 15) is 5.21 Å². The molecule has 112 valence electrons. The summed E-state index contributed by atoms with van der Waals surface area (Å²) < 4.78 is 0. The van der Waals surface area contributed by atoms with Gasteiger partial charge in [0.15, 0.2) is 0 Å². The lowest BCUT2D eigenvalue weighted by atomic mass is 10.2. The van der Waals surface area contributed by atoms with Gasteiger partial charge in [-0.3, -0.25) is 4.98 Å². The predicted octanol–water partition coefficient (Wildman–Crippen LogP) is 2.14. The van der Waals surface area contributed by atoms with Crippen LogP contribution in [0.5, 0.6) is 0 Å². The SMILES string of the molecule is Nc1nc2cc(Nc3ccc4ncccc4c3)ccc2[n+]([O-])n1. The van der Waals surface area contributed by atoms with Crippen molar-refractivity contribution in [2.45, 2.75) is 0 Å². The van der Waals surface area contributed by atoms with Crippen LogP contribution >= 0.6 is 0 Å². The maximum Gasteiger partial charge on any atom is 0.288 e. The highest BCUT2D eigenvalue weighted by atomic mass is 16.5. The molecule has 0 amide bonds. The van der Waals surface area contributed by atoms with Crippen LogP contribution in [0.25, 0.3) is 21.9 Å². The molecule has 2 heterocycles. The van der Waals surface area contributed by atoms with E-state index in [0.717, 1.165) is 22.3 Å². The maximum absolute atomic E-state index is 11.7. The second kappa shape index (κ2) is 5.06. The second-order valence-corrected chi connectivity index (χ2v) is 5.08. The molecule has 0 aliphatic heterocycles. The highest BCUT2D eigenvalue weighted by molar-refractivity contribution is 5.84. The topological polar surface area (TPSA) is 104 Å². The first-order valence-corrected chi connectivity index (χ1v) is 6.98. The van der Waals surface area contributed by atoms with Crippen LogP contribution in [0, 0.1) is 5.21 Å². The number of hydrogen-bond donors (Lipinski definition) is 2. The highest BCUT2D eigenvalue weighted by Gasteiger charge is 2.09. The van der Waals surface area contributed by atoms with Crippen LogP contribution in [0.2, 0.25) is 0 Å². The molecular formula is C16H12N6O. The number of benzene rings is 2. The van der Waals surface area contributed by atoms with E-state index in [4.69, 9.17) is 5.73 Å². The van der Waals surface area contributed by atoms with E-state index in [1.54, 1.807) is 24.4 Å². The van der Waals surface area contributed by atoms with Gasteiger partial charge in [-0.15, -0.1) is 0 Å². The Morgan fingerprint density at radius 1 is 1.00 bits per heavy atom. The largest absolute Gasteiger partial charge is 0.594 e. The number of fused-ring (bicyclic) bond motifs is 2. The molecule has 4 rings (SSSR count). The van der Waals surface area contributed by atoms with Crippen molar-refractivity contribution in [3.05, 3.63) is 59.9 Å². The fourth-order valence-corrected chi connectivity index (χ4v) is 2.47. The van der Waals surface area contributed by atoms with Gasteiger partial charge in [-0.1, -0.05) is 6.07 Å². The van der Waals surface area contributed by atoms with E-state index in [1.165, 1.54) is 0 Å². The van der Waals surface area contributed by atoms with Gasteiger partial charge in [0.1, 0.15) is 5.52 Å². The van der Waals surface area contributed by atoms with Crippen LogP contribution in [-0.2, 0) is 0 Å². The summed E-state index contributed by atoms with van der Waals surface area (Å²) in [7, 11) is 0. The standard InChI is InChI=1S/C16H12N6O/c17-16-20-14-9-12(4-6-15(14)22(23)21-16)19-11-3-5-13-10(8-11)2-1-7-18-13/h1-9,19H,(H2,17,20,21). The molecular weight excluding hydrogens is 292 g/mol. The van der Waals surface area contributed by atoms with Gasteiger partial charge in [-0.25, -0.2) is 4.98 Å². The van der Waals surface area contributed by atoms with E-state index in [0.29, 0.717) is 15.9 Å². The number of hydrogen-bond acceptors (Lipinski definition) is 6. The van der Waals surface area contributed by atoms with Crippen LogP contribution in [0.3, 0.4) is 0 Å². The Labute approximate surface area is 131 Å². The van der Waals surface area contributed by atoms with E-state index in [-0.39, 0.29) is 5.95 Å². The van der Waals surface area contributed by atoms with E-state index < -0.39 is 0 Å². The van der Waals surface area contributed by atoms with Gasteiger partial charge in [0, 0.05) is 29.0 Å². The third-order valence-electron chi connectivity index (χ3n) is 3.50. The van der Waals surface area contributed by atoms with Gasteiger partial charge in [-0.2, -0.15) is 0 Å². The molecule has 0 aliphatic rings.